The van der Waals surface area contributed by atoms with Crippen LogP contribution in [0.5, 0.6) is 0 Å². The van der Waals surface area contributed by atoms with Crippen molar-refractivity contribution in [2.45, 2.75) is 155 Å². The van der Waals surface area contributed by atoms with Gasteiger partial charge in [-0.05, 0) is 26.2 Å². The maximum Gasteiger partial charge on any atom is 0.333 e. The summed E-state index contributed by atoms with van der Waals surface area (Å²) in [7, 11) is -2.93. The second-order valence-electron chi connectivity index (χ2n) is 10.6. The quantitative estimate of drug-likeness (QED) is 0.0512. The van der Waals surface area contributed by atoms with Crippen molar-refractivity contribution in [3.63, 3.8) is 0 Å². The molecule has 0 aromatic carbocycles. The number of carbonyl (C=O) groups excluding carboxylic acids is 1. The van der Waals surface area contributed by atoms with E-state index < -0.39 is 7.37 Å². The van der Waals surface area contributed by atoms with Gasteiger partial charge in [-0.3, -0.25) is 4.57 Å². The Hall–Kier alpha value is -0.600. The van der Waals surface area contributed by atoms with E-state index in [1.165, 1.54) is 89.9 Å². The molecule has 5 heteroatoms. The first-order chi connectivity index (χ1) is 16.9. The molecule has 0 radical (unpaired) electrons. The highest BCUT2D eigenvalue weighted by atomic mass is 31.2. The van der Waals surface area contributed by atoms with Gasteiger partial charge in [-0.25, -0.2) is 4.79 Å². The minimum atomic E-state index is -2.93. The van der Waals surface area contributed by atoms with E-state index in [0.717, 1.165) is 51.4 Å². The van der Waals surface area contributed by atoms with Crippen LogP contribution in [0.4, 0.5) is 0 Å². The number of esters is 1. The molecule has 0 spiro atoms. The number of carbonyl (C=O) groups is 1. The molecule has 1 unspecified atom stereocenters. The lowest BCUT2D eigenvalue weighted by Crippen LogP contribution is -2.06. The van der Waals surface area contributed by atoms with E-state index in [4.69, 9.17) is 4.74 Å². The van der Waals surface area contributed by atoms with Crippen LogP contribution in [0.2, 0.25) is 0 Å². The number of hydrogen-bond acceptors (Lipinski definition) is 3. The molecule has 0 amide bonds. The zero-order chi connectivity index (χ0) is 26.0. The van der Waals surface area contributed by atoms with Gasteiger partial charge in [0.25, 0.3) is 0 Å². The van der Waals surface area contributed by atoms with Gasteiger partial charge in [0, 0.05) is 17.9 Å². The van der Waals surface area contributed by atoms with E-state index in [0.29, 0.717) is 24.5 Å². The number of unbranched alkanes of at least 4 members (excludes halogenated alkanes) is 20. The van der Waals surface area contributed by atoms with Gasteiger partial charge < -0.3 is 9.63 Å². The fourth-order valence-corrected chi connectivity index (χ4v) is 6.13. The van der Waals surface area contributed by atoms with Crippen molar-refractivity contribution < 1.29 is 19.0 Å². The summed E-state index contributed by atoms with van der Waals surface area (Å²) in [6.45, 7) is 7.95. The van der Waals surface area contributed by atoms with Gasteiger partial charge in [-0.2, -0.15) is 0 Å². The van der Waals surface area contributed by atoms with Crippen molar-refractivity contribution in [1.82, 2.24) is 0 Å². The van der Waals surface area contributed by atoms with E-state index in [1.807, 2.05) is 0 Å². The summed E-state index contributed by atoms with van der Waals surface area (Å²) < 4.78 is 17.4. The van der Waals surface area contributed by atoms with Crippen molar-refractivity contribution in [3.8, 4) is 0 Å². The number of hydrogen-bond donors (Lipinski definition) is 1. The summed E-state index contributed by atoms with van der Waals surface area (Å²) in [6.07, 6.45) is 28.1. The lowest BCUT2D eigenvalue weighted by molar-refractivity contribution is -0.139. The third-order valence-electron chi connectivity index (χ3n) is 6.84. The largest absolute Gasteiger partial charge is 0.462 e. The molecule has 0 aliphatic rings. The Morgan fingerprint density at radius 2 is 0.943 bits per heavy atom. The Morgan fingerprint density at radius 3 is 1.29 bits per heavy atom. The average Bonchev–Trinajstić information content (AvgIpc) is 2.82. The van der Waals surface area contributed by atoms with E-state index in [-0.39, 0.29) is 5.97 Å². The van der Waals surface area contributed by atoms with Crippen LogP contribution in [-0.2, 0) is 14.1 Å². The molecule has 0 rings (SSSR count). The van der Waals surface area contributed by atoms with Gasteiger partial charge in [0.1, 0.15) is 0 Å². The molecule has 0 aliphatic carbocycles. The Labute approximate surface area is 218 Å². The van der Waals surface area contributed by atoms with E-state index >= 15 is 0 Å². The predicted molar refractivity (Wildman–Crippen MR) is 153 cm³/mol. The number of ether oxygens (including phenoxy) is 1. The van der Waals surface area contributed by atoms with Gasteiger partial charge in [-0.1, -0.05) is 135 Å². The van der Waals surface area contributed by atoms with Crippen LogP contribution in [0.15, 0.2) is 12.2 Å². The van der Waals surface area contributed by atoms with Crippen molar-refractivity contribution >= 4 is 13.3 Å². The highest BCUT2D eigenvalue weighted by Gasteiger charge is 2.16. The fourth-order valence-electron chi connectivity index (χ4n) is 4.47. The molecule has 0 saturated heterocycles. The smallest absolute Gasteiger partial charge is 0.333 e. The van der Waals surface area contributed by atoms with Crippen LogP contribution in [0.1, 0.15) is 155 Å². The molecule has 4 nitrogen and oxygen atoms in total. The summed E-state index contributed by atoms with van der Waals surface area (Å²) in [4.78, 5) is 21.5. The van der Waals surface area contributed by atoms with Crippen molar-refractivity contribution in [2.75, 3.05) is 18.9 Å². The SMILES string of the molecule is C=C(C)C(=O)OCCCCCCCCP(=O)(O)CCCCCCCCCCCCCCCCCC. The van der Waals surface area contributed by atoms with Crippen molar-refractivity contribution in [1.29, 1.82) is 0 Å². The van der Waals surface area contributed by atoms with Crippen LogP contribution in [0.25, 0.3) is 0 Å². The molecule has 1 N–H and O–H groups in total. The molecule has 0 fully saturated rings. The standard InChI is InChI=1S/C30H59O4P/c1-4-5-6-7-8-9-10-11-12-13-14-15-16-18-21-24-27-35(32,33)28-25-22-19-17-20-23-26-34-30(31)29(2)3/h2,4-28H2,1,3H3,(H,32,33). The molecule has 1 atom stereocenters. The topological polar surface area (TPSA) is 63.6 Å². The van der Waals surface area contributed by atoms with Crippen LogP contribution in [0.3, 0.4) is 0 Å². The second-order valence-corrected chi connectivity index (χ2v) is 13.2. The van der Waals surface area contributed by atoms with Crippen molar-refractivity contribution in [3.05, 3.63) is 12.2 Å². The van der Waals surface area contributed by atoms with Crippen LogP contribution in [-0.4, -0.2) is 29.8 Å². The van der Waals surface area contributed by atoms with Crippen LogP contribution >= 0.6 is 7.37 Å². The highest BCUT2D eigenvalue weighted by molar-refractivity contribution is 7.57. The van der Waals surface area contributed by atoms with E-state index in [1.54, 1.807) is 6.92 Å². The summed E-state index contributed by atoms with van der Waals surface area (Å²) >= 11 is 0. The van der Waals surface area contributed by atoms with Crippen LogP contribution < -0.4 is 0 Å². The Kier molecular flexibility index (Phi) is 24.6. The minimum Gasteiger partial charge on any atom is -0.462 e. The molecule has 0 aromatic heterocycles. The third kappa shape index (κ3) is 26.3. The molecular formula is C30H59O4P. The summed E-state index contributed by atoms with van der Waals surface area (Å²) in [6, 6.07) is 0. The Bertz CT molecular complexity index is 546. The molecule has 0 bridgehead atoms. The van der Waals surface area contributed by atoms with Gasteiger partial charge in [0.2, 0.25) is 7.37 Å². The maximum absolute atomic E-state index is 12.4. The number of rotatable bonds is 27. The normalized spacial score (nSPS) is 13.0. The second kappa shape index (κ2) is 25.1. The first kappa shape index (κ1) is 34.4. The minimum absolute atomic E-state index is 0.312. The Morgan fingerprint density at radius 1 is 0.629 bits per heavy atom. The van der Waals surface area contributed by atoms with Gasteiger partial charge in [0.05, 0.1) is 6.61 Å². The van der Waals surface area contributed by atoms with Crippen LogP contribution in [0, 0.1) is 0 Å². The molecule has 208 valence electrons. The first-order valence-electron chi connectivity index (χ1n) is 15.0. The van der Waals surface area contributed by atoms with Gasteiger partial charge in [0.15, 0.2) is 0 Å². The summed E-state index contributed by atoms with van der Waals surface area (Å²) in [5, 5.41) is 0. The molecule has 35 heavy (non-hydrogen) atoms. The zero-order valence-corrected chi connectivity index (χ0v) is 24.4. The fraction of sp³-hybridized carbons (Fsp3) is 0.900. The van der Waals surface area contributed by atoms with E-state index in [9.17, 15) is 14.3 Å². The summed E-state index contributed by atoms with van der Waals surface area (Å²) in [5.74, 6) is -0.312. The predicted octanol–water partition coefficient (Wildman–Crippen LogP) is 9.98. The summed E-state index contributed by atoms with van der Waals surface area (Å²) in [5.41, 5.74) is 0.443. The highest BCUT2D eigenvalue weighted by Crippen LogP contribution is 2.42. The molecule has 0 aliphatic heterocycles. The molecular weight excluding hydrogens is 455 g/mol. The maximum atomic E-state index is 12.4. The lowest BCUT2D eigenvalue weighted by Gasteiger charge is -2.11. The van der Waals surface area contributed by atoms with Crippen molar-refractivity contribution in [2.24, 2.45) is 0 Å². The van der Waals surface area contributed by atoms with Gasteiger partial charge in [-0.15, -0.1) is 0 Å². The van der Waals surface area contributed by atoms with E-state index in [2.05, 4.69) is 13.5 Å². The average molecular weight is 515 g/mol. The molecule has 0 saturated carbocycles. The lowest BCUT2D eigenvalue weighted by atomic mass is 10.0. The zero-order valence-electron chi connectivity index (χ0n) is 23.5. The Balaban J connectivity index is 3.34. The third-order valence-corrected chi connectivity index (χ3v) is 8.87. The molecule has 0 heterocycles. The molecule has 0 aromatic rings. The van der Waals surface area contributed by atoms with Gasteiger partial charge >= 0.3 is 5.97 Å². The monoisotopic (exact) mass is 514 g/mol. The first-order valence-corrected chi connectivity index (χ1v) is 17.1.